The average Bonchev–Trinajstić information content (AvgIpc) is 4.19. The maximum Gasteiger partial charge on any atom is 0.343 e. The molecule has 0 spiro atoms. The number of carboxylic acid groups (broad SMARTS) is 1. The van der Waals surface area contributed by atoms with Crippen molar-refractivity contribution in [2.45, 2.75) is 127 Å². The van der Waals surface area contributed by atoms with Crippen LogP contribution in [0.1, 0.15) is 128 Å². The molecule has 3 heterocycles. The second kappa shape index (κ2) is 33.8. The molecular formula is C44H72N20O12. The van der Waals surface area contributed by atoms with Gasteiger partial charge in [-0.25, -0.2) is 0 Å². The van der Waals surface area contributed by atoms with E-state index in [1.807, 2.05) is 0 Å². The van der Waals surface area contributed by atoms with Crippen LogP contribution in [0, 0.1) is 10.1 Å². The van der Waals surface area contributed by atoms with E-state index < -0.39 is 101 Å². The van der Waals surface area contributed by atoms with E-state index in [1.165, 1.54) is 6.07 Å². The zero-order valence-electron chi connectivity index (χ0n) is 42.1. The molecule has 22 N–H and O–H groups in total. The largest absolute Gasteiger partial charge is 0.480 e. The molecule has 3 aromatic rings. The molecule has 8 amide bonds. The third kappa shape index (κ3) is 21.9. The van der Waals surface area contributed by atoms with Crippen molar-refractivity contribution in [1.82, 2.24) is 62.5 Å². The Balaban J connectivity index is 1.78. The molecule has 32 heteroatoms. The SMILES string of the molecule is NCCCC[C@H](NC(=O)c1cc(NC(=O)c2cc(NC(=O)c3cc([N+](=O)[O-])[nH]n3)n[nH]2)n[nH]1)C(=O)N[C@@H](CCCCN)C(=O)N[C@@H](CCCCN)C(=O)N[C@@H](CCCCN)C(=O)N[C@@H](CCCCN)C(=O)NCC(=O)O. The van der Waals surface area contributed by atoms with Crippen LogP contribution in [0.15, 0.2) is 18.2 Å². The number of nitrogens with one attached hydrogen (secondary N) is 11. The maximum atomic E-state index is 14.2. The number of aliphatic carboxylic acids is 1. The maximum absolute atomic E-state index is 14.2. The third-order valence-corrected chi connectivity index (χ3v) is 11.4. The molecule has 0 saturated heterocycles. The number of unbranched alkanes of at least 4 members (excludes halogenated alkanes) is 5. The summed E-state index contributed by atoms with van der Waals surface area (Å²) in [6.45, 7) is 0.725. The molecule has 3 rings (SSSR count). The number of hydrogen-bond donors (Lipinski definition) is 17. The normalized spacial score (nSPS) is 13.0. The van der Waals surface area contributed by atoms with Crippen LogP contribution in [0.25, 0.3) is 0 Å². The Morgan fingerprint density at radius 1 is 0.487 bits per heavy atom. The first-order valence-corrected chi connectivity index (χ1v) is 24.9. The quantitative estimate of drug-likeness (QED) is 0.0156. The van der Waals surface area contributed by atoms with Gasteiger partial charge in [0.05, 0.1) is 6.07 Å². The Labute approximate surface area is 436 Å². The number of carbonyl (C=O) groups excluding carboxylic acids is 8. The number of nitro groups is 1. The fourth-order valence-electron chi connectivity index (χ4n) is 7.31. The lowest BCUT2D eigenvalue weighted by Crippen LogP contribution is -2.59. The summed E-state index contributed by atoms with van der Waals surface area (Å²) in [7, 11) is 0. The van der Waals surface area contributed by atoms with Crippen molar-refractivity contribution in [3.63, 3.8) is 0 Å². The van der Waals surface area contributed by atoms with Gasteiger partial charge in [-0.05, 0) is 134 Å². The van der Waals surface area contributed by atoms with E-state index in [2.05, 4.69) is 73.1 Å². The lowest BCUT2D eigenvalue weighted by Gasteiger charge is -2.27. The molecule has 0 fully saturated rings. The van der Waals surface area contributed by atoms with E-state index in [-0.39, 0.29) is 87.0 Å². The number of amides is 8. The van der Waals surface area contributed by atoms with E-state index in [0.717, 1.165) is 12.1 Å². The van der Waals surface area contributed by atoms with Crippen molar-refractivity contribution in [3.8, 4) is 0 Å². The molecule has 0 aliphatic heterocycles. The monoisotopic (exact) mass is 1070 g/mol. The fraction of sp³-hybridized carbons (Fsp3) is 0.591. The van der Waals surface area contributed by atoms with E-state index in [4.69, 9.17) is 33.8 Å². The highest BCUT2D eigenvalue weighted by Crippen LogP contribution is 2.15. The summed E-state index contributed by atoms with van der Waals surface area (Å²) >= 11 is 0. The molecule has 0 unspecified atom stereocenters. The third-order valence-electron chi connectivity index (χ3n) is 11.4. The van der Waals surface area contributed by atoms with E-state index in [0.29, 0.717) is 70.8 Å². The minimum absolute atomic E-state index is 0.0672. The minimum atomic E-state index is -1.29. The molecular weight excluding hydrogens is 1000 g/mol. The van der Waals surface area contributed by atoms with Crippen LogP contribution in [-0.4, -0.2) is 163 Å². The minimum Gasteiger partial charge on any atom is -0.480 e. The lowest BCUT2D eigenvalue weighted by molar-refractivity contribution is -0.389. The summed E-state index contributed by atoms with van der Waals surface area (Å²) in [6.07, 6.45) is 4.80. The molecule has 5 atom stereocenters. The summed E-state index contributed by atoms with van der Waals surface area (Å²) in [5.41, 5.74) is 27.9. The van der Waals surface area contributed by atoms with Gasteiger partial charge in [0, 0.05) is 12.1 Å². The fourth-order valence-corrected chi connectivity index (χ4v) is 7.31. The summed E-state index contributed by atoms with van der Waals surface area (Å²) in [5.74, 6) is -8.27. The number of anilines is 2. The van der Waals surface area contributed by atoms with Crippen LogP contribution < -0.4 is 71.2 Å². The molecule has 32 nitrogen and oxygen atoms in total. The number of H-pyrrole nitrogens is 3. The summed E-state index contributed by atoms with van der Waals surface area (Å²) in [4.78, 5) is 130. The number of carboxylic acids is 1. The van der Waals surface area contributed by atoms with Crippen LogP contribution in [-0.2, 0) is 28.8 Å². The zero-order valence-corrected chi connectivity index (χ0v) is 42.1. The first kappa shape index (κ1) is 62.4. The van der Waals surface area contributed by atoms with Gasteiger partial charge < -0.3 is 86.4 Å². The van der Waals surface area contributed by atoms with E-state index >= 15 is 0 Å². The number of rotatable bonds is 38. The molecule has 0 aliphatic carbocycles. The predicted molar refractivity (Wildman–Crippen MR) is 272 cm³/mol. The van der Waals surface area contributed by atoms with Crippen molar-refractivity contribution in [2.24, 2.45) is 28.7 Å². The number of carbonyl (C=O) groups is 9. The number of nitrogens with zero attached hydrogens (tertiary/aromatic N) is 4. The molecule has 76 heavy (non-hydrogen) atoms. The van der Waals surface area contributed by atoms with Gasteiger partial charge in [0.2, 0.25) is 29.5 Å². The van der Waals surface area contributed by atoms with Crippen LogP contribution in [0.2, 0.25) is 0 Å². The smallest absolute Gasteiger partial charge is 0.343 e. The molecule has 420 valence electrons. The Bertz CT molecular complexity index is 2390. The Kier molecular flexibility index (Phi) is 27.7. The Morgan fingerprint density at radius 2 is 0.842 bits per heavy atom. The van der Waals surface area contributed by atoms with Crippen molar-refractivity contribution in [2.75, 3.05) is 49.9 Å². The predicted octanol–water partition coefficient (Wildman–Crippen LogP) is -2.85. The summed E-state index contributed by atoms with van der Waals surface area (Å²) < 4.78 is 0. The number of aromatic nitrogens is 6. The van der Waals surface area contributed by atoms with Crippen molar-refractivity contribution in [1.29, 1.82) is 0 Å². The van der Waals surface area contributed by atoms with Crippen molar-refractivity contribution in [3.05, 3.63) is 45.4 Å². The van der Waals surface area contributed by atoms with Crippen LogP contribution in [0.3, 0.4) is 0 Å². The summed E-state index contributed by atoms with van der Waals surface area (Å²) in [6, 6.07) is -2.86. The first-order valence-electron chi connectivity index (χ1n) is 24.9. The standard InChI is InChI=1S/C44H72N20O12/c45-16-6-1-11-25(37(67)50-24-36(65)66)51-38(68)26(12-2-7-17-46)52-39(69)27(13-3-8-18-47)53-40(70)28(14-4-9-19-48)54-41(71)29(15-5-10-20-49)55-42(72)30-21-33(61-58-30)56-43(73)31-22-34(62-59-31)57-44(74)32-23-35(63-60-32)64(75)76/h21-23,25-29H,1-20,24,45-49H2,(H,50,67)(H,51,68)(H,52,69)(H,53,70)(H,54,71)(H,55,72)(H,60,63)(H,65,66)(H2,56,58,61,73)(H2,57,59,62,74)/t25-,26-,27-,28-,29-/m0/s1. The molecule has 0 aliphatic rings. The highest BCUT2D eigenvalue weighted by molar-refractivity contribution is 6.06. The highest BCUT2D eigenvalue weighted by Gasteiger charge is 2.33. The number of aromatic amines is 3. The second-order valence-electron chi connectivity index (χ2n) is 17.4. The van der Waals surface area contributed by atoms with Gasteiger partial charge in [-0.15, -0.1) is 5.10 Å². The second-order valence-corrected chi connectivity index (χ2v) is 17.4. The Morgan fingerprint density at radius 3 is 1.20 bits per heavy atom. The van der Waals surface area contributed by atoms with E-state index in [9.17, 15) is 53.3 Å². The van der Waals surface area contributed by atoms with Gasteiger partial charge in [-0.2, -0.15) is 10.2 Å². The Hall–Kier alpha value is -7.94. The average molecular weight is 1070 g/mol. The van der Waals surface area contributed by atoms with Crippen molar-refractivity contribution < 1.29 is 53.2 Å². The lowest BCUT2D eigenvalue weighted by atomic mass is 10.0. The molecule has 0 bridgehead atoms. The topological polar surface area (TPSA) is 529 Å². The number of nitrogens with two attached hydrogens (primary N) is 5. The van der Waals surface area contributed by atoms with Gasteiger partial charge >= 0.3 is 11.8 Å². The molecule has 3 aromatic heterocycles. The molecule has 0 saturated carbocycles. The van der Waals surface area contributed by atoms with Crippen LogP contribution >= 0.6 is 0 Å². The van der Waals surface area contributed by atoms with Gasteiger partial charge in [0.25, 0.3) is 17.7 Å². The first-order chi connectivity index (χ1) is 36.4. The number of hydrogen-bond acceptors (Lipinski definition) is 19. The zero-order chi connectivity index (χ0) is 56.0. The van der Waals surface area contributed by atoms with Gasteiger partial charge in [-0.1, -0.05) is 5.10 Å². The van der Waals surface area contributed by atoms with Crippen LogP contribution in [0.4, 0.5) is 17.5 Å². The molecule has 0 radical (unpaired) electrons. The highest BCUT2D eigenvalue weighted by atomic mass is 16.6. The van der Waals surface area contributed by atoms with Gasteiger partial charge in [0.15, 0.2) is 17.3 Å². The van der Waals surface area contributed by atoms with Gasteiger partial charge in [0.1, 0.15) is 48.1 Å². The van der Waals surface area contributed by atoms with Crippen LogP contribution in [0.5, 0.6) is 0 Å². The van der Waals surface area contributed by atoms with Crippen molar-refractivity contribution >= 4 is 70.7 Å². The summed E-state index contributed by atoms with van der Waals surface area (Å²) in [5, 5.41) is 58.8. The van der Waals surface area contributed by atoms with E-state index in [1.54, 1.807) is 0 Å². The van der Waals surface area contributed by atoms with Gasteiger partial charge in [-0.3, -0.25) is 53.3 Å². The molecule has 0 aromatic carbocycles.